The molecule has 0 saturated heterocycles. The van der Waals surface area contributed by atoms with Crippen molar-refractivity contribution >= 4 is 43.9 Å². The molecule has 0 N–H and O–H groups in total. The normalized spacial score (nSPS) is 10.9. The molecule has 0 aliphatic carbocycles. The number of nitrogens with zero attached hydrogens (tertiary/aromatic N) is 3. The average Bonchev–Trinajstić information content (AvgIpc) is 2.45. The fourth-order valence-electron chi connectivity index (χ4n) is 1.09. The molecule has 0 atom stereocenters. The van der Waals surface area contributed by atoms with Gasteiger partial charge < -0.3 is 0 Å². The second kappa shape index (κ2) is 2.77. The highest BCUT2D eigenvalue weighted by molar-refractivity contribution is 6.45. The molecule has 0 aliphatic heterocycles. The van der Waals surface area contributed by atoms with Gasteiger partial charge in [-0.2, -0.15) is 5.10 Å². The number of rotatable bonds is 0. The summed E-state index contributed by atoms with van der Waals surface area (Å²) in [7, 11) is 11.3. The van der Waals surface area contributed by atoms with Crippen molar-refractivity contribution in [3.8, 4) is 0 Å². The lowest BCUT2D eigenvalue weighted by Crippen LogP contribution is -2.17. The van der Waals surface area contributed by atoms with Crippen molar-refractivity contribution in [2.75, 3.05) is 0 Å². The standard InChI is InChI=1S/C7H4B2ClN3/c1-3-5(9)6(10)13-7(12-3)4(8)2-11-13/h2H,1H3. The molecule has 0 aromatic carbocycles. The molecule has 13 heavy (non-hydrogen) atoms. The summed E-state index contributed by atoms with van der Waals surface area (Å²) in [6.07, 6.45) is 1.49. The molecular formula is C7H4B2ClN3. The smallest absolute Gasteiger partial charge is 0.149 e. The summed E-state index contributed by atoms with van der Waals surface area (Å²) in [5.41, 5.74) is 2.11. The summed E-state index contributed by atoms with van der Waals surface area (Å²) < 4.78 is 1.42. The molecule has 6 heteroatoms. The maximum atomic E-state index is 5.92. The number of hydrogen-bond acceptors (Lipinski definition) is 2. The Morgan fingerprint density at radius 1 is 1.46 bits per heavy atom. The highest BCUT2D eigenvalue weighted by Crippen LogP contribution is 2.06. The van der Waals surface area contributed by atoms with E-state index in [-0.39, 0.29) is 0 Å². The van der Waals surface area contributed by atoms with Crippen LogP contribution < -0.4 is 10.9 Å². The van der Waals surface area contributed by atoms with E-state index < -0.39 is 0 Å². The van der Waals surface area contributed by atoms with Gasteiger partial charge in [0.25, 0.3) is 0 Å². The average molecular weight is 187 g/mol. The SMILES string of the molecule is [B]c1c(C)nc2c([B])cnn2c1Cl. The third kappa shape index (κ3) is 1.15. The van der Waals surface area contributed by atoms with Crippen molar-refractivity contribution in [3.63, 3.8) is 0 Å². The number of fused-ring (bicyclic) bond motifs is 1. The zero-order valence-corrected chi connectivity index (χ0v) is 7.71. The first-order valence-electron chi connectivity index (χ1n) is 3.66. The first kappa shape index (κ1) is 8.63. The van der Waals surface area contributed by atoms with Crippen LogP contribution in [0, 0.1) is 6.92 Å². The molecule has 2 aromatic heterocycles. The monoisotopic (exact) mass is 187 g/mol. The lowest BCUT2D eigenvalue weighted by atomic mass is 9.96. The predicted octanol–water partition coefficient (Wildman–Crippen LogP) is -0.721. The second-order valence-corrected chi connectivity index (χ2v) is 3.10. The van der Waals surface area contributed by atoms with Gasteiger partial charge in [0.1, 0.15) is 26.5 Å². The van der Waals surface area contributed by atoms with E-state index in [0.29, 0.717) is 27.4 Å². The van der Waals surface area contributed by atoms with Crippen molar-refractivity contribution in [1.29, 1.82) is 0 Å². The van der Waals surface area contributed by atoms with Crippen LogP contribution in [0.5, 0.6) is 0 Å². The number of hydrogen-bond donors (Lipinski definition) is 0. The quantitative estimate of drug-likeness (QED) is 0.402. The van der Waals surface area contributed by atoms with Crippen LogP contribution in [-0.2, 0) is 0 Å². The van der Waals surface area contributed by atoms with Gasteiger partial charge in [0, 0.05) is 11.9 Å². The third-order valence-electron chi connectivity index (χ3n) is 1.84. The van der Waals surface area contributed by atoms with Crippen molar-refractivity contribution in [2.45, 2.75) is 6.92 Å². The molecule has 0 spiro atoms. The molecule has 0 aliphatic rings. The Morgan fingerprint density at radius 2 is 2.15 bits per heavy atom. The van der Waals surface area contributed by atoms with E-state index in [0.717, 1.165) is 0 Å². The van der Waals surface area contributed by atoms with E-state index >= 15 is 0 Å². The van der Waals surface area contributed by atoms with Crippen LogP contribution in [0.15, 0.2) is 6.20 Å². The number of aryl methyl sites for hydroxylation is 1. The van der Waals surface area contributed by atoms with Crippen molar-refractivity contribution in [2.24, 2.45) is 0 Å². The van der Waals surface area contributed by atoms with Gasteiger partial charge in [-0.05, 0) is 17.8 Å². The molecule has 3 nitrogen and oxygen atoms in total. The van der Waals surface area contributed by atoms with Crippen LogP contribution >= 0.6 is 11.6 Å². The van der Waals surface area contributed by atoms with Crippen molar-refractivity contribution in [3.05, 3.63) is 17.0 Å². The van der Waals surface area contributed by atoms with Gasteiger partial charge in [0.2, 0.25) is 0 Å². The Hall–Kier alpha value is -0.960. The van der Waals surface area contributed by atoms with E-state index in [2.05, 4.69) is 10.1 Å². The molecule has 2 rings (SSSR count). The summed E-state index contributed by atoms with van der Waals surface area (Å²) in [5.74, 6) is 0. The predicted molar refractivity (Wildman–Crippen MR) is 53.5 cm³/mol. The molecule has 0 fully saturated rings. The summed E-state index contributed by atoms with van der Waals surface area (Å²) in [6, 6.07) is 0. The molecule has 0 bridgehead atoms. The maximum Gasteiger partial charge on any atom is 0.149 e. The van der Waals surface area contributed by atoms with E-state index in [1.165, 1.54) is 10.7 Å². The molecule has 4 radical (unpaired) electrons. The van der Waals surface area contributed by atoms with Crippen LogP contribution in [0.4, 0.5) is 0 Å². The molecule has 2 heterocycles. The van der Waals surface area contributed by atoms with E-state index in [4.69, 9.17) is 27.3 Å². The van der Waals surface area contributed by atoms with E-state index in [9.17, 15) is 0 Å². The molecule has 2 aromatic rings. The molecule has 0 saturated carbocycles. The van der Waals surface area contributed by atoms with Gasteiger partial charge in [-0.3, -0.25) is 0 Å². The highest BCUT2D eigenvalue weighted by atomic mass is 35.5. The lowest BCUT2D eigenvalue weighted by Gasteiger charge is -2.04. The first-order chi connectivity index (χ1) is 6.11. The zero-order chi connectivity index (χ0) is 9.59. The minimum absolute atomic E-state index is 0.346. The molecule has 60 valence electrons. The van der Waals surface area contributed by atoms with E-state index in [1.807, 2.05) is 0 Å². The Bertz CT molecular complexity index is 480. The van der Waals surface area contributed by atoms with Gasteiger partial charge in [0.05, 0.1) is 0 Å². The van der Waals surface area contributed by atoms with Gasteiger partial charge in [0.15, 0.2) is 0 Å². The number of halogens is 1. The maximum absolute atomic E-state index is 5.92. The topological polar surface area (TPSA) is 30.2 Å². The van der Waals surface area contributed by atoms with Crippen LogP contribution in [0.3, 0.4) is 0 Å². The Labute approximate surface area is 82.9 Å². The van der Waals surface area contributed by atoms with Gasteiger partial charge in [-0.15, -0.1) is 0 Å². The van der Waals surface area contributed by atoms with Crippen molar-refractivity contribution in [1.82, 2.24) is 14.6 Å². The Kier molecular flexibility index (Phi) is 1.84. The zero-order valence-electron chi connectivity index (χ0n) is 6.95. The summed E-state index contributed by atoms with van der Waals surface area (Å²) in [5, 5.41) is 4.28. The fraction of sp³-hybridized carbons (Fsp3) is 0.143. The summed E-state index contributed by atoms with van der Waals surface area (Å²) in [6.45, 7) is 1.77. The molecule has 0 amide bonds. The third-order valence-corrected chi connectivity index (χ3v) is 2.21. The summed E-state index contributed by atoms with van der Waals surface area (Å²) >= 11 is 5.92. The van der Waals surface area contributed by atoms with Crippen LogP contribution in [0.1, 0.15) is 5.69 Å². The first-order valence-corrected chi connectivity index (χ1v) is 4.04. The fourth-order valence-corrected chi connectivity index (χ4v) is 1.35. The van der Waals surface area contributed by atoms with Crippen LogP contribution in [0.25, 0.3) is 5.65 Å². The number of aromatic nitrogens is 3. The van der Waals surface area contributed by atoms with Gasteiger partial charge >= 0.3 is 0 Å². The highest BCUT2D eigenvalue weighted by Gasteiger charge is 2.08. The van der Waals surface area contributed by atoms with Crippen molar-refractivity contribution < 1.29 is 0 Å². The minimum atomic E-state index is 0.346. The minimum Gasteiger partial charge on any atom is -0.235 e. The summed E-state index contributed by atoms with van der Waals surface area (Å²) in [4.78, 5) is 4.16. The Balaban J connectivity index is 2.96. The Morgan fingerprint density at radius 3 is 2.85 bits per heavy atom. The van der Waals surface area contributed by atoms with Crippen LogP contribution in [-0.4, -0.2) is 30.3 Å². The van der Waals surface area contributed by atoms with E-state index in [1.54, 1.807) is 6.92 Å². The molecular weight excluding hydrogens is 183 g/mol. The lowest BCUT2D eigenvalue weighted by molar-refractivity contribution is 0.939. The largest absolute Gasteiger partial charge is 0.235 e. The second-order valence-electron chi connectivity index (χ2n) is 2.74. The van der Waals surface area contributed by atoms with Crippen LogP contribution in [0.2, 0.25) is 5.15 Å². The van der Waals surface area contributed by atoms with Gasteiger partial charge in [-0.1, -0.05) is 11.6 Å². The molecule has 0 unspecified atom stereocenters. The van der Waals surface area contributed by atoms with Gasteiger partial charge in [-0.25, -0.2) is 9.50 Å².